The quantitative estimate of drug-likeness (QED) is 0.788. The lowest BCUT2D eigenvalue weighted by Crippen LogP contribution is -2.09. The zero-order valence-electron chi connectivity index (χ0n) is 15.6. The van der Waals surface area contributed by atoms with Crippen molar-refractivity contribution in [3.63, 3.8) is 0 Å². The highest BCUT2D eigenvalue weighted by molar-refractivity contribution is 6.32. The van der Waals surface area contributed by atoms with E-state index >= 15 is 0 Å². The van der Waals surface area contributed by atoms with Gasteiger partial charge in [0.05, 0.1) is 21.9 Å². The number of halogens is 1. The second-order valence-electron chi connectivity index (χ2n) is 6.37. The Bertz CT molecular complexity index is 1200. The number of pyridine rings is 1. The van der Waals surface area contributed by atoms with E-state index in [4.69, 9.17) is 27.2 Å². The molecule has 0 amide bonds. The minimum Gasteiger partial charge on any atom is -0.480 e. The Kier molecular flexibility index (Phi) is 5.27. The van der Waals surface area contributed by atoms with Crippen LogP contribution in [-0.2, 0) is 4.79 Å². The van der Waals surface area contributed by atoms with E-state index < -0.39 is 12.6 Å². The number of nitrogens with two attached hydrogens (primary N) is 1. The maximum absolute atomic E-state index is 10.7. The normalized spacial score (nSPS) is 13.8. The second-order valence-corrected chi connectivity index (χ2v) is 6.78. The average molecular weight is 407 g/mol. The number of hydrogen-bond acceptors (Lipinski definition) is 6. The van der Waals surface area contributed by atoms with Gasteiger partial charge in [0.25, 0.3) is 0 Å². The molecule has 3 rings (SSSR count). The summed E-state index contributed by atoms with van der Waals surface area (Å²) in [4.78, 5) is 14.9. The summed E-state index contributed by atoms with van der Waals surface area (Å²) in [6.45, 7) is 3.08. The van der Waals surface area contributed by atoms with Crippen molar-refractivity contribution in [2.45, 2.75) is 13.8 Å². The lowest BCUT2D eigenvalue weighted by Gasteiger charge is -2.11. The maximum atomic E-state index is 10.7. The van der Waals surface area contributed by atoms with Crippen LogP contribution in [0.1, 0.15) is 34.9 Å². The lowest BCUT2D eigenvalue weighted by molar-refractivity contribution is -0.139. The molecule has 1 aliphatic carbocycles. The summed E-state index contributed by atoms with van der Waals surface area (Å²) >= 11 is 6.21. The number of hydrogen-bond donors (Lipinski definition) is 2. The molecule has 1 aliphatic rings. The number of carbonyl (C=O) groups is 1. The van der Waals surface area contributed by atoms with Crippen molar-refractivity contribution in [1.29, 1.82) is 10.5 Å². The van der Waals surface area contributed by atoms with Gasteiger partial charge < -0.3 is 15.6 Å². The van der Waals surface area contributed by atoms with Crippen LogP contribution in [0.3, 0.4) is 0 Å². The second kappa shape index (κ2) is 7.67. The van der Waals surface area contributed by atoms with E-state index in [1.54, 1.807) is 32.0 Å². The van der Waals surface area contributed by atoms with Crippen molar-refractivity contribution < 1.29 is 14.6 Å². The molecule has 1 aromatic heterocycles. The van der Waals surface area contributed by atoms with Crippen LogP contribution < -0.4 is 10.5 Å². The molecule has 8 heteroatoms. The smallest absolute Gasteiger partial charge is 0.341 e. The Morgan fingerprint density at radius 1 is 1.34 bits per heavy atom. The van der Waals surface area contributed by atoms with Crippen LogP contribution in [0.4, 0.5) is 5.82 Å². The monoisotopic (exact) mass is 406 g/mol. The van der Waals surface area contributed by atoms with E-state index in [2.05, 4.69) is 17.1 Å². The van der Waals surface area contributed by atoms with Gasteiger partial charge >= 0.3 is 5.97 Å². The summed E-state index contributed by atoms with van der Waals surface area (Å²) in [5.74, 6) is -0.755. The fraction of sp³-hybridized carbons (Fsp3) is 0.143. The van der Waals surface area contributed by atoms with Crippen LogP contribution in [0.25, 0.3) is 17.2 Å². The highest BCUT2D eigenvalue weighted by Gasteiger charge is 2.29. The van der Waals surface area contributed by atoms with Crippen molar-refractivity contribution >= 4 is 40.6 Å². The molecule has 0 unspecified atom stereocenters. The van der Waals surface area contributed by atoms with Crippen LogP contribution in [-0.4, -0.2) is 22.7 Å². The van der Waals surface area contributed by atoms with Gasteiger partial charge in [-0.3, -0.25) is 0 Å². The zero-order chi connectivity index (χ0) is 21.3. The Morgan fingerprint density at radius 2 is 2.07 bits per heavy atom. The zero-order valence-corrected chi connectivity index (χ0v) is 16.3. The first-order chi connectivity index (χ1) is 13.8. The van der Waals surface area contributed by atoms with Crippen molar-refractivity contribution in [1.82, 2.24) is 4.98 Å². The molecule has 0 spiro atoms. The van der Waals surface area contributed by atoms with Gasteiger partial charge in [-0.25, -0.2) is 9.78 Å². The largest absolute Gasteiger partial charge is 0.480 e. The minimum absolute atomic E-state index is 0.0912. The van der Waals surface area contributed by atoms with Gasteiger partial charge in [0.2, 0.25) is 0 Å². The minimum atomic E-state index is -1.10. The summed E-state index contributed by atoms with van der Waals surface area (Å²) in [6.07, 6.45) is 1.83. The molecule has 7 nitrogen and oxygen atoms in total. The third-order valence-corrected chi connectivity index (χ3v) is 4.90. The molecule has 144 valence electrons. The molecule has 0 bridgehead atoms. The Labute approximate surface area is 171 Å². The summed E-state index contributed by atoms with van der Waals surface area (Å²) in [5.41, 5.74) is 10.5. The molecule has 0 saturated heterocycles. The number of nitrogen functional groups attached to an aromatic ring is 1. The molecular weight excluding hydrogens is 392 g/mol. The number of nitrogens with zero attached hydrogens (tertiary/aromatic N) is 3. The summed E-state index contributed by atoms with van der Waals surface area (Å²) in [6, 6.07) is 9.15. The number of carboxylic acids is 1. The number of anilines is 1. The number of fused-ring (bicyclic) bond motifs is 1. The Morgan fingerprint density at radius 3 is 2.66 bits per heavy atom. The molecule has 0 aliphatic heterocycles. The van der Waals surface area contributed by atoms with Gasteiger partial charge in [-0.05, 0) is 54.3 Å². The number of carboxylic acid groups (broad SMARTS) is 1. The maximum Gasteiger partial charge on any atom is 0.341 e. The Hall–Kier alpha value is -3.81. The van der Waals surface area contributed by atoms with E-state index in [0.29, 0.717) is 28.0 Å². The third-order valence-electron chi connectivity index (χ3n) is 4.60. The van der Waals surface area contributed by atoms with E-state index in [1.807, 2.05) is 6.08 Å². The predicted molar refractivity (Wildman–Crippen MR) is 109 cm³/mol. The first kappa shape index (κ1) is 19.9. The molecule has 0 saturated carbocycles. The van der Waals surface area contributed by atoms with Gasteiger partial charge in [-0.2, -0.15) is 10.5 Å². The summed E-state index contributed by atoms with van der Waals surface area (Å²) in [7, 11) is 0. The highest BCUT2D eigenvalue weighted by atomic mass is 35.5. The van der Waals surface area contributed by atoms with Gasteiger partial charge in [-0.15, -0.1) is 0 Å². The lowest BCUT2D eigenvalue weighted by atomic mass is 9.95. The van der Waals surface area contributed by atoms with Crippen LogP contribution >= 0.6 is 11.6 Å². The van der Waals surface area contributed by atoms with Crippen LogP contribution in [0.2, 0.25) is 5.02 Å². The molecule has 29 heavy (non-hydrogen) atoms. The summed E-state index contributed by atoms with van der Waals surface area (Å²) < 4.78 is 5.13. The molecule has 3 N–H and O–H groups in total. The Balaban J connectivity index is 2.13. The third kappa shape index (κ3) is 3.52. The topological polar surface area (TPSA) is 133 Å². The van der Waals surface area contributed by atoms with E-state index in [0.717, 1.165) is 11.1 Å². The number of nitriles is 2. The van der Waals surface area contributed by atoms with Crippen LogP contribution in [0.5, 0.6) is 5.75 Å². The number of allylic oxidation sites excluding steroid dienone is 3. The summed E-state index contributed by atoms with van der Waals surface area (Å²) in [5, 5.41) is 28.0. The molecule has 1 aromatic carbocycles. The predicted octanol–water partition coefficient (Wildman–Crippen LogP) is 3.81. The number of rotatable bonds is 4. The van der Waals surface area contributed by atoms with Crippen molar-refractivity contribution in [2.24, 2.45) is 0 Å². The number of ether oxygens (including phenoxy) is 1. The van der Waals surface area contributed by atoms with Crippen LogP contribution in [0, 0.1) is 29.6 Å². The molecule has 2 aromatic rings. The van der Waals surface area contributed by atoms with Gasteiger partial charge in [0, 0.05) is 5.56 Å². The molecular formula is C21H15ClN4O3. The number of aromatic nitrogens is 1. The van der Waals surface area contributed by atoms with E-state index in [9.17, 15) is 15.3 Å². The molecule has 0 radical (unpaired) electrons. The van der Waals surface area contributed by atoms with Gasteiger partial charge in [0.15, 0.2) is 6.61 Å². The van der Waals surface area contributed by atoms with E-state index in [-0.39, 0.29) is 22.2 Å². The number of benzene rings is 1. The van der Waals surface area contributed by atoms with Crippen molar-refractivity contribution in [3.8, 4) is 17.9 Å². The highest BCUT2D eigenvalue weighted by Crippen LogP contribution is 2.44. The standard InChI is InChI=1S/C21H15ClN4O3/c1-10-13(5-12-3-4-17(16(22)6-12)29-9-18(27)28)19-11(2)15(8-24)21(25)26-20(19)14(10)7-23/h3-6H,9H2,1-2H3,(H2,25,26)(H,27,28). The van der Waals surface area contributed by atoms with Crippen molar-refractivity contribution in [2.75, 3.05) is 12.3 Å². The molecule has 1 heterocycles. The van der Waals surface area contributed by atoms with E-state index in [1.165, 1.54) is 0 Å². The van der Waals surface area contributed by atoms with Crippen LogP contribution in [0.15, 0.2) is 23.8 Å². The first-order valence-electron chi connectivity index (χ1n) is 8.46. The molecule has 0 atom stereocenters. The number of aliphatic carboxylic acids is 1. The van der Waals surface area contributed by atoms with Gasteiger partial charge in [0.1, 0.15) is 23.7 Å². The fourth-order valence-corrected chi connectivity index (χ4v) is 3.47. The molecule has 0 fully saturated rings. The first-order valence-corrected chi connectivity index (χ1v) is 8.84. The average Bonchev–Trinajstić information content (AvgIpc) is 2.92. The SMILES string of the molecule is CC1=C(C#N)c2nc(N)c(C#N)c(C)c2C1=Cc1ccc(OCC(=O)O)c(Cl)c1. The fourth-order valence-electron chi connectivity index (χ4n) is 3.23. The van der Waals surface area contributed by atoms with Gasteiger partial charge in [-0.1, -0.05) is 17.7 Å². The van der Waals surface area contributed by atoms with Crippen molar-refractivity contribution in [3.05, 3.63) is 56.7 Å².